The minimum Gasteiger partial charge on any atom is -0.394 e. The SMILES string of the molecule is CCN(CCC(C)(CO)NC(C)C)CC(C)C. The zero-order valence-corrected chi connectivity index (χ0v) is 12.6. The number of hydrogen-bond donors (Lipinski definition) is 2. The first-order chi connectivity index (χ1) is 7.83. The lowest BCUT2D eigenvalue weighted by Gasteiger charge is -2.34. The molecular formula is C14H32N2O. The molecule has 0 aliphatic rings. The molecule has 0 bridgehead atoms. The molecule has 104 valence electrons. The van der Waals surface area contributed by atoms with Crippen molar-refractivity contribution in [2.75, 3.05) is 26.2 Å². The highest BCUT2D eigenvalue weighted by molar-refractivity contribution is 4.85. The average Bonchev–Trinajstić information content (AvgIpc) is 2.22. The van der Waals surface area contributed by atoms with Gasteiger partial charge in [-0.15, -0.1) is 0 Å². The Morgan fingerprint density at radius 2 is 1.82 bits per heavy atom. The molecule has 0 spiro atoms. The highest BCUT2D eigenvalue weighted by Crippen LogP contribution is 2.12. The van der Waals surface area contributed by atoms with Gasteiger partial charge in [0, 0.05) is 18.1 Å². The number of aliphatic hydroxyl groups excluding tert-OH is 1. The maximum atomic E-state index is 9.52. The van der Waals surface area contributed by atoms with Crippen LogP contribution in [0.4, 0.5) is 0 Å². The second-order valence-electron chi connectivity index (χ2n) is 6.05. The summed E-state index contributed by atoms with van der Waals surface area (Å²) < 4.78 is 0. The van der Waals surface area contributed by atoms with Gasteiger partial charge in [0.1, 0.15) is 0 Å². The Balaban J connectivity index is 4.18. The summed E-state index contributed by atoms with van der Waals surface area (Å²) in [7, 11) is 0. The van der Waals surface area contributed by atoms with Gasteiger partial charge in [-0.2, -0.15) is 0 Å². The molecule has 17 heavy (non-hydrogen) atoms. The second kappa shape index (κ2) is 8.06. The predicted octanol–water partition coefficient (Wildman–Crippen LogP) is 2.10. The molecule has 1 unspecified atom stereocenters. The van der Waals surface area contributed by atoms with Crippen LogP contribution in [0.3, 0.4) is 0 Å². The van der Waals surface area contributed by atoms with Crippen LogP contribution in [0.25, 0.3) is 0 Å². The molecule has 0 saturated carbocycles. The molecule has 0 aromatic carbocycles. The summed E-state index contributed by atoms with van der Waals surface area (Å²) in [6, 6.07) is 0.410. The van der Waals surface area contributed by atoms with Crippen LogP contribution in [0.2, 0.25) is 0 Å². The minimum atomic E-state index is -0.154. The number of hydrogen-bond acceptors (Lipinski definition) is 3. The Kier molecular flexibility index (Phi) is 8.01. The summed E-state index contributed by atoms with van der Waals surface area (Å²) in [5, 5.41) is 13.0. The van der Waals surface area contributed by atoms with Crippen LogP contribution in [0.15, 0.2) is 0 Å². The van der Waals surface area contributed by atoms with Gasteiger partial charge in [-0.3, -0.25) is 0 Å². The Morgan fingerprint density at radius 1 is 1.24 bits per heavy atom. The molecule has 3 nitrogen and oxygen atoms in total. The van der Waals surface area contributed by atoms with E-state index in [1.54, 1.807) is 0 Å². The monoisotopic (exact) mass is 244 g/mol. The van der Waals surface area contributed by atoms with Crippen molar-refractivity contribution in [3.05, 3.63) is 0 Å². The number of aliphatic hydroxyl groups is 1. The van der Waals surface area contributed by atoms with Crippen molar-refractivity contribution < 1.29 is 5.11 Å². The van der Waals surface area contributed by atoms with Crippen molar-refractivity contribution in [1.82, 2.24) is 10.2 Å². The molecular weight excluding hydrogens is 212 g/mol. The first-order valence-electron chi connectivity index (χ1n) is 6.94. The van der Waals surface area contributed by atoms with Crippen LogP contribution in [0, 0.1) is 5.92 Å². The molecule has 0 rings (SSSR count). The van der Waals surface area contributed by atoms with Crippen molar-refractivity contribution in [1.29, 1.82) is 0 Å². The molecule has 0 aliphatic carbocycles. The highest BCUT2D eigenvalue weighted by atomic mass is 16.3. The fourth-order valence-electron chi connectivity index (χ4n) is 2.19. The molecule has 0 aromatic heterocycles. The standard InChI is InChI=1S/C14H32N2O/c1-7-16(10-12(2)3)9-8-14(6,11-17)15-13(4)5/h12-13,15,17H,7-11H2,1-6H3. The third-order valence-electron chi connectivity index (χ3n) is 3.04. The lowest BCUT2D eigenvalue weighted by atomic mass is 9.97. The highest BCUT2D eigenvalue weighted by Gasteiger charge is 2.24. The van der Waals surface area contributed by atoms with Gasteiger partial charge in [-0.05, 0) is 32.4 Å². The van der Waals surface area contributed by atoms with Crippen LogP contribution >= 0.6 is 0 Å². The molecule has 0 saturated heterocycles. The van der Waals surface area contributed by atoms with E-state index in [0.29, 0.717) is 12.0 Å². The maximum Gasteiger partial charge on any atom is 0.0611 e. The molecule has 0 aromatic rings. The van der Waals surface area contributed by atoms with Crippen LogP contribution in [0.1, 0.15) is 48.0 Å². The largest absolute Gasteiger partial charge is 0.394 e. The van der Waals surface area contributed by atoms with Gasteiger partial charge in [-0.1, -0.05) is 34.6 Å². The van der Waals surface area contributed by atoms with E-state index >= 15 is 0 Å². The first-order valence-corrected chi connectivity index (χ1v) is 6.94. The maximum absolute atomic E-state index is 9.52. The summed E-state index contributed by atoms with van der Waals surface area (Å²) >= 11 is 0. The van der Waals surface area contributed by atoms with Gasteiger partial charge in [0.25, 0.3) is 0 Å². The van der Waals surface area contributed by atoms with Crippen molar-refractivity contribution in [3.8, 4) is 0 Å². The van der Waals surface area contributed by atoms with E-state index in [9.17, 15) is 5.11 Å². The van der Waals surface area contributed by atoms with Gasteiger partial charge in [0.2, 0.25) is 0 Å². The summed E-state index contributed by atoms with van der Waals surface area (Å²) in [4.78, 5) is 2.46. The summed E-state index contributed by atoms with van der Waals surface area (Å²) in [6.45, 7) is 16.5. The molecule has 0 aliphatic heterocycles. The normalized spacial score (nSPS) is 15.9. The van der Waals surface area contributed by atoms with E-state index in [1.807, 2.05) is 0 Å². The number of nitrogens with zero attached hydrogens (tertiary/aromatic N) is 1. The van der Waals surface area contributed by atoms with Crippen LogP contribution < -0.4 is 5.32 Å². The third-order valence-corrected chi connectivity index (χ3v) is 3.04. The average molecular weight is 244 g/mol. The zero-order valence-electron chi connectivity index (χ0n) is 12.6. The minimum absolute atomic E-state index is 0.154. The second-order valence-corrected chi connectivity index (χ2v) is 6.05. The molecule has 2 N–H and O–H groups in total. The fraction of sp³-hybridized carbons (Fsp3) is 1.00. The smallest absolute Gasteiger partial charge is 0.0611 e. The lowest BCUT2D eigenvalue weighted by Crippen LogP contribution is -2.51. The van der Waals surface area contributed by atoms with Gasteiger partial charge in [0.15, 0.2) is 0 Å². The Labute approximate surface area is 108 Å². The fourth-order valence-corrected chi connectivity index (χ4v) is 2.19. The summed E-state index contributed by atoms with van der Waals surface area (Å²) in [6.07, 6.45) is 0.988. The van der Waals surface area contributed by atoms with E-state index in [-0.39, 0.29) is 12.1 Å². The summed E-state index contributed by atoms with van der Waals surface area (Å²) in [5.41, 5.74) is -0.154. The van der Waals surface area contributed by atoms with Crippen molar-refractivity contribution in [2.24, 2.45) is 5.92 Å². The molecule has 0 radical (unpaired) electrons. The van der Waals surface area contributed by atoms with Crippen LogP contribution in [0.5, 0.6) is 0 Å². The van der Waals surface area contributed by atoms with Crippen molar-refractivity contribution in [3.63, 3.8) is 0 Å². The van der Waals surface area contributed by atoms with Crippen molar-refractivity contribution >= 4 is 0 Å². The molecule has 0 fully saturated rings. The van der Waals surface area contributed by atoms with Crippen LogP contribution in [-0.4, -0.2) is 47.8 Å². The van der Waals surface area contributed by atoms with Gasteiger partial charge in [-0.25, -0.2) is 0 Å². The van der Waals surface area contributed by atoms with Crippen molar-refractivity contribution in [2.45, 2.75) is 59.5 Å². The first kappa shape index (κ1) is 16.9. The third kappa shape index (κ3) is 7.74. The van der Waals surface area contributed by atoms with E-state index in [0.717, 1.165) is 26.1 Å². The van der Waals surface area contributed by atoms with Gasteiger partial charge < -0.3 is 15.3 Å². The van der Waals surface area contributed by atoms with E-state index in [1.165, 1.54) is 0 Å². The van der Waals surface area contributed by atoms with E-state index in [2.05, 4.69) is 51.8 Å². The van der Waals surface area contributed by atoms with E-state index in [4.69, 9.17) is 0 Å². The quantitative estimate of drug-likeness (QED) is 0.652. The topological polar surface area (TPSA) is 35.5 Å². The number of nitrogens with one attached hydrogen (secondary N) is 1. The van der Waals surface area contributed by atoms with Gasteiger partial charge >= 0.3 is 0 Å². The Hall–Kier alpha value is -0.120. The zero-order chi connectivity index (χ0) is 13.5. The van der Waals surface area contributed by atoms with Gasteiger partial charge in [0.05, 0.1) is 6.61 Å². The summed E-state index contributed by atoms with van der Waals surface area (Å²) in [5.74, 6) is 0.702. The molecule has 0 amide bonds. The molecule has 0 heterocycles. The lowest BCUT2D eigenvalue weighted by molar-refractivity contribution is 0.135. The predicted molar refractivity (Wildman–Crippen MR) is 75.3 cm³/mol. The van der Waals surface area contributed by atoms with Crippen LogP contribution in [-0.2, 0) is 0 Å². The Bertz CT molecular complexity index is 195. The number of rotatable bonds is 9. The Morgan fingerprint density at radius 3 is 2.18 bits per heavy atom. The van der Waals surface area contributed by atoms with E-state index < -0.39 is 0 Å². The molecule has 1 atom stereocenters. The molecule has 3 heteroatoms.